The first-order valence-electron chi connectivity index (χ1n) is 8.43. The Bertz CT molecular complexity index is 230. The van der Waals surface area contributed by atoms with Crippen molar-refractivity contribution in [3.63, 3.8) is 0 Å². The van der Waals surface area contributed by atoms with Gasteiger partial charge >= 0.3 is 0 Å². The lowest BCUT2D eigenvalue weighted by Gasteiger charge is -2.39. The fraction of sp³-hybridized carbons (Fsp3) is 1.00. The van der Waals surface area contributed by atoms with Gasteiger partial charge in [-0.05, 0) is 43.4 Å². The van der Waals surface area contributed by atoms with Gasteiger partial charge in [-0.15, -0.1) is 0 Å². The highest BCUT2D eigenvalue weighted by Gasteiger charge is 2.33. The molecule has 0 aliphatic heterocycles. The highest BCUT2D eigenvalue weighted by molar-refractivity contribution is 4.88. The molecule has 0 fully saturated rings. The molecule has 0 aromatic rings. The fourth-order valence-electron chi connectivity index (χ4n) is 3.12. The van der Waals surface area contributed by atoms with Gasteiger partial charge in [0.15, 0.2) is 0 Å². The lowest BCUT2D eigenvalue weighted by Crippen LogP contribution is -2.42. The van der Waals surface area contributed by atoms with Crippen LogP contribution in [0, 0.1) is 17.3 Å². The summed E-state index contributed by atoms with van der Waals surface area (Å²) >= 11 is 0. The molecule has 3 atom stereocenters. The Morgan fingerprint density at radius 2 is 1.58 bits per heavy atom. The molecule has 1 heteroatoms. The molecule has 19 heavy (non-hydrogen) atoms. The van der Waals surface area contributed by atoms with E-state index in [2.05, 4.69) is 48.5 Å². The van der Waals surface area contributed by atoms with E-state index in [0.29, 0.717) is 5.41 Å². The van der Waals surface area contributed by atoms with E-state index in [1.54, 1.807) is 0 Å². The average Bonchev–Trinajstić information content (AvgIpc) is 2.28. The fourth-order valence-corrected chi connectivity index (χ4v) is 3.12. The molecule has 0 saturated heterocycles. The first-order valence-corrected chi connectivity index (χ1v) is 8.43. The van der Waals surface area contributed by atoms with Crippen LogP contribution in [0.5, 0.6) is 0 Å². The molecule has 3 unspecified atom stereocenters. The highest BCUT2D eigenvalue weighted by atomic mass is 14.7. The monoisotopic (exact) mass is 269 g/mol. The number of unbranched alkanes of at least 4 members (excludes halogenated alkanes) is 2. The van der Waals surface area contributed by atoms with Gasteiger partial charge in [0.1, 0.15) is 0 Å². The van der Waals surface area contributed by atoms with Crippen molar-refractivity contribution in [2.45, 2.75) is 99.0 Å². The number of nitrogens with two attached hydrogens (primary N) is 1. The summed E-state index contributed by atoms with van der Waals surface area (Å²) in [6.45, 7) is 16.3. The van der Waals surface area contributed by atoms with Crippen LogP contribution in [0.2, 0.25) is 0 Å². The van der Waals surface area contributed by atoms with Gasteiger partial charge in [0.25, 0.3) is 0 Å². The second-order valence-corrected chi connectivity index (χ2v) is 7.91. The Labute approximate surface area is 122 Å². The van der Waals surface area contributed by atoms with E-state index in [1.807, 2.05) is 0 Å². The first kappa shape index (κ1) is 19.0. The zero-order chi connectivity index (χ0) is 15.1. The van der Waals surface area contributed by atoms with E-state index < -0.39 is 0 Å². The van der Waals surface area contributed by atoms with Crippen molar-refractivity contribution < 1.29 is 0 Å². The molecule has 0 radical (unpaired) electrons. The molecular formula is C18H39N. The second kappa shape index (κ2) is 8.29. The molecule has 0 amide bonds. The minimum Gasteiger partial charge on any atom is -0.325 e. The van der Waals surface area contributed by atoms with Gasteiger partial charge in [-0.1, -0.05) is 67.2 Å². The van der Waals surface area contributed by atoms with Gasteiger partial charge in [0, 0.05) is 5.54 Å². The summed E-state index contributed by atoms with van der Waals surface area (Å²) in [6, 6.07) is 0. The molecule has 0 spiro atoms. The van der Waals surface area contributed by atoms with E-state index in [4.69, 9.17) is 5.73 Å². The summed E-state index contributed by atoms with van der Waals surface area (Å²) in [7, 11) is 0. The maximum atomic E-state index is 6.37. The zero-order valence-corrected chi connectivity index (χ0v) is 14.7. The van der Waals surface area contributed by atoms with E-state index in [-0.39, 0.29) is 5.54 Å². The van der Waals surface area contributed by atoms with Crippen LogP contribution in [0.1, 0.15) is 93.4 Å². The summed E-state index contributed by atoms with van der Waals surface area (Å²) in [6.07, 6.45) is 9.04. The number of hydrogen-bond acceptors (Lipinski definition) is 1. The van der Waals surface area contributed by atoms with Crippen molar-refractivity contribution in [2.75, 3.05) is 0 Å². The molecule has 2 N–H and O–H groups in total. The first-order chi connectivity index (χ1) is 8.64. The second-order valence-electron chi connectivity index (χ2n) is 7.91. The van der Waals surface area contributed by atoms with Gasteiger partial charge in [0.05, 0.1) is 0 Å². The molecule has 0 aliphatic carbocycles. The van der Waals surface area contributed by atoms with Crippen molar-refractivity contribution in [3.05, 3.63) is 0 Å². The molecule has 116 valence electrons. The smallest absolute Gasteiger partial charge is 0.0128 e. The van der Waals surface area contributed by atoms with Gasteiger partial charge in [-0.2, -0.15) is 0 Å². The van der Waals surface area contributed by atoms with Crippen molar-refractivity contribution in [1.29, 1.82) is 0 Å². The maximum absolute atomic E-state index is 6.37. The van der Waals surface area contributed by atoms with Crippen molar-refractivity contribution in [3.8, 4) is 0 Å². The normalized spacial score (nSPS) is 18.9. The third-order valence-electron chi connectivity index (χ3n) is 5.06. The van der Waals surface area contributed by atoms with Gasteiger partial charge in [-0.3, -0.25) is 0 Å². The molecule has 0 saturated carbocycles. The summed E-state index contributed by atoms with van der Waals surface area (Å²) in [5, 5.41) is 0. The van der Waals surface area contributed by atoms with Gasteiger partial charge < -0.3 is 5.73 Å². The summed E-state index contributed by atoms with van der Waals surface area (Å²) in [5.41, 5.74) is 6.70. The lowest BCUT2D eigenvalue weighted by molar-refractivity contribution is 0.137. The minimum atomic E-state index is -0.0107. The highest BCUT2D eigenvalue weighted by Crippen LogP contribution is 2.39. The Kier molecular flexibility index (Phi) is 8.27. The Balaban J connectivity index is 4.26. The van der Waals surface area contributed by atoms with E-state index in [9.17, 15) is 0 Å². The van der Waals surface area contributed by atoms with E-state index >= 15 is 0 Å². The molecular weight excluding hydrogens is 230 g/mol. The average molecular weight is 270 g/mol. The number of hydrogen-bond donors (Lipinski definition) is 1. The van der Waals surface area contributed by atoms with Crippen LogP contribution in [-0.4, -0.2) is 5.54 Å². The van der Waals surface area contributed by atoms with Crippen LogP contribution in [0.4, 0.5) is 0 Å². The zero-order valence-electron chi connectivity index (χ0n) is 14.7. The largest absolute Gasteiger partial charge is 0.325 e. The van der Waals surface area contributed by atoms with Crippen molar-refractivity contribution in [1.82, 2.24) is 0 Å². The lowest BCUT2D eigenvalue weighted by atomic mass is 9.68. The Hall–Kier alpha value is -0.0400. The van der Waals surface area contributed by atoms with Crippen LogP contribution < -0.4 is 5.73 Å². The maximum Gasteiger partial charge on any atom is 0.0128 e. The van der Waals surface area contributed by atoms with Gasteiger partial charge in [0.2, 0.25) is 0 Å². The Morgan fingerprint density at radius 3 is 2.05 bits per heavy atom. The molecule has 0 rings (SSSR count). The quantitative estimate of drug-likeness (QED) is 0.500. The van der Waals surface area contributed by atoms with Crippen LogP contribution >= 0.6 is 0 Å². The molecule has 0 bridgehead atoms. The Morgan fingerprint density at radius 1 is 1.00 bits per heavy atom. The van der Waals surface area contributed by atoms with Crippen LogP contribution in [0.25, 0.3) is 0 Å². The molecule has 1 nitrogen and oxygen atoms in total. The summed E-state index contributed by atoms with van der Waals surface area (Å²) < 4.78 is 0. The molecule has 0 aromatic carbocycles. The molecule has 0 aliphatic rings. The van der Waals surface area contributed by atoms with E-state index in [0.717, 1.165) is 24.7 Å². The van der Waals surface area contributed by atoms with Gasteiger partial charge in [-0.25, -0.2) is 0 Å². The third-order valence-corrected chi connectivity index (χ3v) is 5.06. The summed E-state index contributed by atoms with van der Waals surface area (Å²) in [5.74, 6) is 1.60. The predicted molar refractivity (Wildman–Crippen MR) is 88.4 cm³/mol. The van der Waals surface area contributed by atoms with Crippen molar-refractivity contribution >= 4 is 0 Å². The topological polar surface area (TPSA) is 26.0 Å². The predicted octanol–water partition coefficient (Wildman–Crippen LogP) is 5.77. The van der Waals surface area contributed by atoms with Crippen molar-refractivity contribution in [2.24, 2.45) is 23.0 Å². The van der Waals surface area contributed by atoms with E-state index in [1.165, 1.54) is 32.1 Å². The molecule has 0 heterocycles. The number of rotatable bonds is 10. The summed E-state index contributed by atoms with van der Waals surface area (Å²) in [4.78, 5) is 0. The van der Waals surface area contributed by atoms with Crippen LogP contribution in [0.15, 0.2) is 0 Å². The minimum absolute atomic E-state index is 0.0107. The molecule has 0 aromatic heterocycles. The standard InChI is InChI=1S/C18H39N/c1-8-10-11-12-15(3)13-16(4)17(5,6)14-18(7,19)9-2/h15-16H,8-14,19H2,1-7H3. The van der Waals surface area contributed by atoms with Crippen LogP contribution in [0.3, 0.4) is 0 Å². The third kappa shape index (κ3) is 7.97. The van der Waals surface area contributed by atoms with Crippen LogP contribution in [-0.2, 0) is 0 Å². The SMILES string of the molecule is CCCCCC(C)CC(C)C(C)(C)CC(C)(N)CC.